The summed E-state index contributed by atoms with van der Waals surface area (Å²) in [6.45, 7) is 1.56. The normalized spacial score (nSPS) is 18.0. The highest BCUT2D eigenvalue weighted by molar-refractivity contribution is 6.30. The van der Waals surface area contributed by atoms with Gasteiger partial charge in [0.05, 0.1) is 11.4 Å². The largest absolute Gasteiger partial charge is 0.378 e. The number of anilines is 1. The monoisotopic (exact) mass is 252 g/mol. The van der Waals surface area contributed by atoms with Crippen LogP contribution in [0.15, 0.2) is 40.8 Å². The Balaban J connectivity index is 2.42. The lowest BCUT2D eigenvalue weighted by Gasteiger charge is -2.15. The fraction of sp³-hybridized carbons (Fsp3) is 0.100. The van der Waals surface area contributed by atoms with E-state index in [1.807, 2.05) is 0 Å². The van der Waals surface area contributed by atoms with E-state index in [4.69, 9.17) is 17.1 Å². The maximum atomic E-state index is 11.5. The molecular weight excluding hydrogens is 244 g/mol. The fourth-order valence-electron chi connectivity index (χ4n) is 1.41. The lowest BCUT2D eigenvalue weighted by atomic mass is 10.2. The van der Waals surface area contributed by atoms with Crippen molar-refractivity contribution in [3.8, 4) is 0 Å². The van der Waals surface area contributed by atoms with E-state index in [1.165, 1.54) is 5.01 Å². The number of rotatable bonds is 2. The summed E-state index contributed by atoms with van der Waals surface area (Å²) in [6, 6.07) is 6.81. The Bertz CT molecular complexity index is 498. The van der Waals surface area contributed by atoms with Gasteiger partial charge in [0.1, 0.15) is 0 Å². The molecule has 88 valence electrons. The van der Waals surface area contributed by atoms with Crippen LogP contribution in [0.5, 0.6) is 0 Å². The molecule has 1 fully saturated rings. The van der Waals surface area contributed by atoms with Crippen LogP contribution in [0.2, 0.25) is 5.02 Å². The Morgan fingerprint density at radius 2 is 2.12 bits per heavy atom. The number of hydrazine groups is 1. The lowest BCUT2D eigenvalue weighted by Crippen LogP contribution is -2.29. The van der Waals surface area contributed by atoms with Crippen molar-refractivity contribution in [3.63, 3.8) is 0 Å². The van der Waals surface area contributed by atoms with Gasteiger partial charge in [0.2, 0.25) is 0 Å². The zero-order chi connectivity index (χ0) is 12.4. The Hall–Kier alpha value is -1.92. The van der Waals surface area contributed by atoms with Crippen molar-refractivity contribution >= 4 is 23.3 Å². The number of benzene rings is 1. The second kappa shape index (κ2) is 4.52. The predicted molar refractivity (Wildman–Crippen MR) is 61.0 cm³/mol. The van der Waals surface area contributed by atoms with Crippen LogP contribution in [0, 0.1) is 5.53 Å². The minimum absolute atomic E-state index is 0.183. The first-order chi connectivity index (χ1) is 8.13. The molecule has 17 heavy (non-hydrogen) atoms. The fourth-order valence-corrected chi connectivity index (χ4v) is 1.53. The molecule has 0 unspecified atom stereocenters. The molecule has 0 aromatic heterocycles. The standard InChI is InChI=1S/C10H9ClN4O2/c1-6(13-12)9-10(16)17-14-15(9)8-4-2-7(11)3-5-8/h2-5,12,14H,1H3/b9-6+,13-12?. The van der Waals surface area contributed by atoms with E-state index in [0.29, 0.717) is 10.7 Å². The van der Waals surface area contributed by atoms with E-state index in [9.17, 15) is 4.79 Å². The topological polar surface area (TPSA) is 77.8 Å². The molecule has 7 heteroatoms. The Labute approximate surface area is 102 Å². The Morgan fingerprint density at radius 1 is 1.47 bits per heavy atom. The van der Waals surface area contributed by atoms with Gasteiger partial charge in [0.15, 0.2) is 5.70 Å². The Morgan fingerprint density at radius 3 is 2.71 bits per heavy atom. The summed E-state index contributed by atoms with van der Waals surface area (Å²) in [6.07, 6.45) is 0. The molecule has 0 spiro atoms. The van der Waals surface area contributed by atoms with E-state index in [0.717, 1.165) is 0 Å². The van der Waals surface area contributed by atoms with Crippen molar-refractivity contribution < 1.29 is 9.63 Å². The number of halogens is 1. The molecule has 0 radical (unpaired) electrons. The van der Waals surface area contributed by atoms with Crippen LogP contribution in [0.25, 0.3) is 0 Å². The summed E-state index contributed by atoms with van der Waals surface area (Å²) in [4.78, 5) is 16.2. The van der Waals surface area contributed by atoms with E-state index in [-0.39, 0.29) is 11.4 Å². The van der Waals surface area contributed by atoms with Gasteiger partial charge < -0.3 is 4.84 Å². The Kier molecular flexibility index (Phi) is 3.08. The van der Waals surface area contributed by atoms with Crippen molar-refractivity contribution in [2.45, 2.75) is 6.92 Å². The van der Waals surface area contributed by atoms with Gasteiger partial charge in [-0.25, -0.2) is 15.3 Å². The highest BCUT2D eigenvalue weighted by atomic mass is 35.5. The summed E-state index contributed by atoms with van der Waals surface area (Å²) >= 11 is 5.78. The molecule has 1 saturated heterocycles. The molecule has 2 rings (SSSR count). The van der Waals surface area contributed by atoms with Crippen LogP contribution < -0.4 is 10.6 Å². The van der Waals surface area contributed by atoms with E-state index >= 15 is 0 Å². The van der Waals surface area contributed by atoms with Crippen LogP contribution in [0.3, 0.4) is 0 Å². The highest BCUT2D eigenvalue weighted by Crippen LogP contribution is 2.25. The van der Waals surface area contributed by atoms with E-state index < -0.39 is 5.97 Å². The number of carbonyl (C=O) groups is 1. The number of nitrogens with one attached hydrogen (secondary N) is 2. The van der Waals surface area contributed by atoms with Crippen molar-refractivity contribution in [2.75, 3.05) is 5.01 Å². The van der Waals surface area contributed by atoms with Gasteiger partial charge in [-0.1, -0.05) is 17.2 Å². The van der Waals surface area contributed by atoms with Crippen molar-refractivity contribution in [3.05, 3.63) is 40.7 Å². The van der Waals surface area contributed by atoms with Gasteiger partial charge in [-0.05, 0) is 31.2 Å². The summed E-state index contributed by atoms with van der Waals surface area (Å²) < 4.78 is 0. The molecule has 1 aliphatic heterocycles. The molecule has 1 aromatic rings. The van der Waals surface area contributed by atoms with Gasteiger partial charge in [-0.2, -0.15) is 5.11 Å². The number of allylic oxidation sites excluding steroid dienone is 1. The van der Waals surface area contributed by atoms with Crippen molar-refractivity contribution in [1.29, 1.82) is 5.53 Å². The van der Waals surface area contributed by atoms with E-state index in [2.05, 4.69) is 15.5 Å². The van der Waals surface area contributed by atoms with Gasteiger partial charge in [0, 0.05) is 5.02 Å². The smallest absolute Gasteiger partial charge is 0.345 e. The molecule has 0 atom stereocenters. The quantitative estimate of drug-likeness (QED) is 0.626. The zero-order valence-corrected chi connectivity index (χ0v) is 9.65. The molecule has 1 aliphatic rings. The molecule has 1 aromatic carbocycles. The molecule has 1 heterocycles. The summed E-state index contributed by atoms with van der Waals surface area (Å²) in [5.74, 6) is -0.576. The zero-order valence-electron chi connectivity index (χ0n) is 8.90. The summed E-state index contributed by atoms with van der Waals surface area (Å²) in [5.41, 5.74) is 10.5. The average Bonchev–Trinajstić information content (AvgIpc) is 2.71. The molecular formula is C10H9ClN4O2. The van der Waals surface area contributed by atoms with Crippen LogP contribution in [-0.2, 0) is 9.63 Å². The summed E-state index contributed by atoms with van der Waals surface area (Å²) in [5, 5.41) is 5.23. The third-order valence-electron chi connectivity index (χ3n) is 2.24. The number of hydrogen-bond acceptors (Lipinski definition) is 6. The van der Waals surface area contributed by atoms with Crippen molar-refractivity contribution in [1.82, 2.24) is 5.59 Å². The average molecular weight is 253 g/mol. The number of nitrogens with zero attached hydrogens (tertiary/aromatic N) is 2. The molecule has 6 nitrogen and oxygen atoms in total. The maximum Gasteiger partial charge on any atom is 0.378 e. The van der Waals surface area contributed by atoms with E-state index in [1.54, 1.807) is 31.2 Å². The molecule has 0 saturated carbocycles. The van der Waals surface area contributed by atoms with Crippen LogP contribution in [-0.4, -0.2) is 5.97 Å². The number of hydrogen-bond donors (Lipinski definition) is 2. The minimum Gasteiger partial charge on any atom is -0.345 e. The van der Waals surface area contributed by atoms with Crippen LogP contribution >= 0.6 is 11.6 Å². The number of carbonyl (C=O) groups excluding carboxylic acids is 1. The molecule has 0 aliphatic carbocycles. The first-order valence-electron chi connectivity index (χ1n) is 4.74. The second-order valence-electron chi connectivity index (χ2n) is 3.34. The molecule has 0 bridgehead atoms. The summed E-state index contributed by atoms with van der Waals surface area (Å²) in [7, 11) is 0. The first kappa shape index (κ1) is 11.6. The third kappa shape index (κ3) is 2.13. The first-order valence-corrected chi connectivity index (χ1v) is 5.12. The van der Waals surface area contributed by atoms with Crippen LogP contribution in [0.1, 0.15) is 6.92 Å². The van der Waals surface area contributed by atoms with Gasteiger partial charge in [0.25, 0.3) is 0 Å². The minimum atomic E-state index is -0.576. The van der Waals surface area contributed by atoms with Gasteiger partial charge in [-0.15, -0.1) is 0 Å². The van der Waals surface area contributed by atoms with Gasteiger partial charge >= 0.3 is 5.97 Å². The van der Waals surface area contributed by atoms with Gasteiger partial charge in [-0.3, -0.25) is 0 Å². The predicted octanol–water partition coefficient (Wildman–Crippen LogP) is 2.39. The second-order valence-corrected chi connectivity index (χ2v) is 3.77. The van der Waals surface area contributed by atoms with Crippen LogP contribution in [0.4, 0.5) is 5.69 Å². The maximum absolute atomic E-state index is 11.5. The lowest BCUT2D eigenvalue weighted by molar-refractivity contribution is -0.140. The highest BCUT2D eigenvalue weighted by Gasteiger charge is 2.31. The third-order valence-corrected chi connectivity index (χ3v) is 2.49. The SMILES string of the molecule is C/C(N=N)=C1/C(=O)ONN1c1ccc(Cl)cc1. The van der Waals surface area contributed by atoms with Crippen molar-refractivity contribution in [2.24, 2.45) is 5.11 Å². The molecule has 2 N–H and O–H groups in total. The molecule has 0 amide bonds.